The fraction of sp³-hybridized carbons (Fsp3) is 0.375. The topological polar surface area (TPSA) is 57.7 Å². The molecule has 0 unspecified atom stereocenters. The van der Waals surface area contributed by atoms with Crippen LogP contribution in [-0.2, 0) is 19.8 Å². The first kappa shape index (κ1) is 20.6. The normalized spacial score (nSPS) is 22.6. The lowest BCUT2D eigenvalue weighted by molar-refractivity contribution is -0.141. The molecule has 2 fully saturated rings. The van der Waals surface area contributed by atoms with E-state index in [2.05, 4.69) is 12.1 Å². The molecule has 6 heteroatoms. The van der Waals surface area contributed by atoms with Gasteiger partial charge in [0.2, 0.25) is 17.7 Å². The smallest absolute Gasteiger partial charge is 0.240 e. The Morgan fingerprint density at radius 2 is 1.67 bits per heavy atom. The van der Waals surface area contributed by atoms with Crippen LogP contribution in [0.5, 0.6) is 0 Å². The summed E-state index contributed by atoms with van der Waals surface area (Å²) in [7, 11) is 1.47. The largest absolute Gasteiger partial charge is 0.343 e. The summed E-state index contributed by atoms with van der Waals surface area (Å²) < 4.78 is 0. The van der Waals surface area contributed by atoms with Crippen molar-refractivity contribution in [3.05, 3.63) is 70.7 Å². The highest BCUT2D eigenvalue weighted by Crippen LogP contribution is 2.43. The number of hydrogen-bond donors (Lipinski definition) is 0. The molecule has 0 N–H and O–H groups in total. The summed E-state index contributed by atoms with van der Waals surface area (Å²) in [5.41, 5.74) is 0.634. The second-order valence-electron chi connectivity index (χ2n) is 8.24. The fourth-order valence-corrected chi connectivity index (χ4v) is 5.05. The molecule has 3 amide bonds. The highest BCUT2D eigenvalue weighted by atomic mass is 35.5. The Morgan fingerprint density at radius 1 is 1.03 bits per heavy atom. The van der Waals surface area contributed by atoms with Gasteiger partial charge < -0.3 is 4.90 Å². The second-order valence-corrected chi connectivity index (χ2v) is 8.65. The molecule has 2 heterocycles. The number of likely N-dealkylation sites (N-methyl/N-ethyl adjacent to an activating group) is 1. The number of rotatable bonds is 4. The average molecular weight is 425 g/mol. The Hall–Kier alpha value is -2.66. The maximum atomic E-state index is 13.2. The molecule has 156 valence electrons. The molecular formula is C24H25ClN2O3. The molecule has 0 aliphatic carbocycles. The van der Waals surface area contributed by atoms with E-state index in [0.29, 0.717) is 29.6 Å². The van der Waals surface area contributed by atoms with Crippen molar-refractivity contribution in [2.75, 3.05) is 20.1 Å². The van der Waals surface area contributed by atoms with Gasteiger partial charge in [-0.05, 0) is 36.0 Å². The van der Waals surface area contributed by atoms with E-state index >= 15 is 0 Å². The number of nitrogens with zero attached hydrogens (tertiary/aromatic N) is 2. The number of imide groups is 1. The molecule has 1 atom stereocenters. The third-order valence-corrected chi connectivity index (χ3v) is 6.83. The minimum Gasteiger partial charge on any atom is -0.343 e. The fourth-order valence-electron chi connectivity index (χ4n) is 4.74. The molecular weight excluding hydrogens is 400 g/mol. The molecule has 30 heavy (non-hydrogen) atoms. The van der Waals surface area contributed by atoms with E-state index in [1.54, 1.807) is 24.3 Å². The van der Waals surface area contributed by atoms with Gasteiger partial charge in [0, 0.05) is 38.0 Å². The van der Waals surface area contributed by atoms with Gasteiger partial charge in [-0.2, -0.15) is 0 Å². The highest BCUT2D eigenvalue weighted by molar-refractivity contribution is 6.32. The van der Waals surface area contributed by atoms with E-state index in [1.165, 1.54) is 12.6 Å². The Labute approximate surface area is 181 Å². The number of hydrogen-bond acceptors (Lipinski definition) is 3. The van der Waals surface area contributed by atoms with Crippen LogP contribution in [0, 0.1) is 0 Å². The minimum atomic E-state index is -1.22. The molecule has 0 spiro atoms. The van der Waals surface area contributed by atoms with Crippen molar-refractivity contribution in [1.29, 1.82) is 0 Å². The molecule has 0 aromatic heterocycles. The summed E-state index contributed by atoms with van der Waals surface area (Å²) in [6.45, 7) is 1.30. The lowest BCUT2D eigenvalue weighted by atomic mass is 9.75. The molecule has 2 aromatic carbocycles. The van der Waals surface area contributed by atoms with Crippen LogP contribution in [0.4, 0.5) is 0 Å². The molecule has 0 radical (unpaired) electrons. The van der Waals surface area contributed by atoms with Gasteiger partial charge in [-0.15, -0.1) is 0 Å². The van der Waals surface area contributed by atoms with Crippen LogP contribution in [-0.4, -0.2) is 47.7 Å². The van der Waals surface area contributed by atoms with E-state index < -0.39 is 5.41 Å². The van der Waals surface area contributed by atoms with E-state index in [0.717, 1.165) is 17.7 Å². The van der Waals surface area contributed by atoms with Crippen LogP contribution in [0.1, 0.15) is 42.7 Å². The van der Waals surface area contributed by atoms with Crippen molar-refractivity contribution in [3.8, 4) is 0 Å². The monoisotopic (exact) mass is 424 g/mol. The summed E-state index contributed by atoms with van der Waals surface area (Å²) in [5, 5.41) is 0.407. The van der Waals surface area contributed by atoms with E-state index in [4.69, 9.17) is 11.6 Å². The molecule has 2 aliphatic heterocycles. The van der Waals surface area contributed by atoms with Gasteiger partial charge in [-0.1, -0.05) is 60.1 Å². The van der Waals surface area contributed by atoms with E-state index in [-0.39, 0.29) is 30.6 Å². The number of halogens is 1. The minimum absolute atomic E-state index is 0.0295. The van der Waals surface area contributed by atoms with Crippen LogP contribution in [0.25, 0.3) is 0 Å². The molecule has 0 bridgehead atoms. The summed E-state index contributed by atoms with van der Waals surface area (Å²) in [6.07, 6.45) is 1.71. The van der Waals surface area contributed by atoms with Crippen molar-refractivity contribution in [2.45, 2.75) is 37.0 Å². The average Bonchev–Trinajstić information content (AvgIpc) is 2.99. The summed E-state index contributed by atoms with van der Waals surface area (Å²) in [5.74, 6) is -0.296. The van der Waals surface area contributed by atoms with Crippen molar-refractivity contribution in [1.82, 2.24) is 9.80 Å². The van der Waals surface area contributed by atoms with E-state index in [9.17, 15) is 14.4 Å². The van der Waals surface area contributed by atoms with Gasteiger partial charge in [-0.25, -0.2) is 0 Å². The lowest BCUT2D eigenvalue weighted by Crippen LogP contribution is -2.45. The van der Waals surface area contributed by atoms with Crippen molar-refractivity contribution < 1.29 is 14.4 Å². The molecule has 5 nitrogen and oxygen atoms in total. The zero-order valence-electron chi connectivity index (χ0n) is 17.0. The maximum absolute atomic E-state index is 13.2. The number of amides is 3. The third-order valence-electron chi connectivity index (χ3n) is 6.50. The SMILES string of the molecule is CN1C(=O)C[C@](CC(=O)N2CCC(c3ccccc3)CC2)(c2ccccc2Cl)C1=O. The number of likely N-dealkylation sites (tertiary alicyclic amines) is 2. The van der Waals surface area contributed by atoms with Crippen LogP contribution in [0.2, 0.25) is 5.02 Å². The highest BCUT2D eigenvalue weighted by Gasteiger charge is 2.53. The van der Waals surface area contributed by atoms with E-state index in [1.807, 2.05) is 23.1 Å². The van der Waals surface area contributed by atoms with Gasteiger partial charge in [-0.3, -0.25) is 19.3 Å². The van der Waals surface area contributed by atoms with Crippen LogP contribution < -0.4 is 0 Å². The summed E-state index contributed by atoms with van der Waals surface area (Å²) >= 11 is 6.40. The zero-order valence-corrected chi connectivity index (χ0v) is 17.8. The zero-order chi connectivity index (χ0) is 21.3. The molecule has 2 saturated heterocycles. The number of benzene rings is 2. The van der Waals surface area contributed by atoms with Crippen molar-refractivity contribution in [2.24, 2.45) is 0 Å². The van der Waals surface area contributed by atoms with Gasteiger partial charge in [0.15, 0.2) is 0 Å². The van der Waals surface area contributed by atoms with Gasteiger partial charge in [0.25, 0.3) is 0 Å². The number of carbonyl (C=O) groups is 3. The molecule has 2 aromatic rings. The predicted octanol–water partition coefficient (Wildman–Crippen LogP) is 3.76. The summed E-state index contributed by atoms with van der Waals surface area (Å²) in [4.78, 5) is 41.7. The van der Waals surface area contributed by atoms with Gasteiger partial charge >= 0.3 is 0 Å². The standard InChI is InChI=1S/C24H25ClN2O3/c1-26-21(28)15-24(23(26)30,19-9-5-6-10-20(19)25)16-22(29)27-13-11-18(12-14-27)17-7-3-2-4-8-17/h2-10,18H,11-16H2,1H3/t24-/m0/s1. The Morgan fingerprint density at radius 3 is 2.27 bits per heavy atom. The van der Waals surface area contributed by atoms with Crippen molar-refractivity contribution >= 4 is 29.3 Å². The first-order valence-electron chi connectivity index (χ1n) is 10.3. The number of carbonyl (C=O) groups excluding carboxylic acids is 3. The first-order chi connectivity index (χ1) is 14.4. The third kappa shape index (κ3) is 3.63. The Balaban J connectivity index is 1.53. The Kier molecular flexibility index (Phi) is 5.65. The van der Waals surface area contributed by atoms with Crippen LogP contribution in [0.15, 0.2) is 54.6 Å². The molecule has 0 saturated carbocycles. The van der Waals surface area contributed by atoms with Gasteiger partial charge in [0.05, 0.1) is 5.41 Å². The van der Waals surface area contributed by atoms with Crippen molar-refractivity contribution in [3.63, 3.8) is 0 Å². The first-order valence-corrected chi connectivity index (χ1v) is 10.7. The Bertz CT molecular complexity index is 969. The van der Waals surface area contributed by atoms with Crippen LogP contribution in [0.3, 0.4) is 0 Å². The maximum Gasteiger partial charge on any atom is 0.240 e. The molecule has 2 aliphatic rings. The quantitative estimate of drug-likeness (QED) is 0.702. The lowest BCUT2D eigenvalue weighted by Gasteiger charge is -2.35. The predicted molar refractivity (Wildman–Crippen MR) is 115 cm³/mol. The van der Waals surface area contributed by atoms with Gasteiger partial charge in [0.1, 0.15) is 0 Å². The molecule has 4 rings (SSSR count). The second kappa shape index (κ2) is 8.23. The van der Waals surface area contributed by atoms with Crippen LogP contribution >= 0.6 is 11.6 Å². The number of piperidine rings is 1. The summed E-state index contributed by atoms with van der Waals surface area (Å²) in [6, 6.07) is 17.4.